The number of hydrogen-bond acceptors (Lipinski definition) is 6. The number of hydrogen-bond donors (Lipinski definition) is 1. The van der Waals surface area contributed by atoms with E-state index in [1.54, 1.807) is 24.3 Å². The Morgan fingerprint density at radius 2 is 2.08 bits per heavy atom. The summed E-state index contributed by atoms with van der Waals surface area (Å²) in [4.78, 5) is 36.9. The zero-order valence-electron chi connectivity index (χ0n) is 14.5. The predicted octanol–water partition coefficient (Wildman–Crippen LogP) is 2.92. The molecule has 0 spiro atoms. The molecule has 1 saturated heterocycles. The van der Waals surface area contributed by atoms with Gasteiger partial charge < -0.3 is 9.84 Å². The molecule has 1 aliphatic heterocycles. The number of carbonyl (C=O) groups excluding carboxylic acids is 2. The summed E-state index contributed by atoms with van der Waals surface area (Å²) in [6.07, 6.45) is 1.66. The number of halogens is 1. The molecule has 26 heavy (non-hydrogen) atoms. The minimum absolute atomic E-state index is 0.0737. The highest BCUT2D eigenvalue weighted by atomic mass is 35.5. The molecule has 0 saturated carbocycles. The topological polar surface area (TPSA) is 83.9 Å². The van der Waals surface area contributed by atoms with Crippen LogP contribution in [0.4, 0.5) is 0 Å². The highest BCUT2D eigenvalue weighted by Gasteiger charge is 2.35. The van der Waals surface area contributed by atoms with Gasteiger partial charge in [-0.05, 0) is 23.6 Å². The van der Waals surface area contributed by atoms with Crippen LogP contribution in [0.2, 0.25) is 5.02 Å². The lowest BCUT2D eigenvalue weighted by Crippen LogP contribution is -2.43. The SMILES string of the molecule is COC(=O)[C@H](c1ccccc1Cl)N1CC[C@@H](SC(C)=O)/C(=C/C(=O)O)C1. The number of piperidine rings is 1. The van der Waals surface area contributed by atoms with Gasteiger partial charge in [0.05, 0.1) is 7.11 Å². The Hall–Kier alpha value is -1.83. The zero-order chi connectivity index (χ0) is 19.3. The zero-order valence-corrected chi connectivity index (χ0v) is 16.0. The summed E-state index contributed by atoms with van der Waals surface area (Å²) in [5.41, 5.74) is 1.19. The van der Waals surface area contributed by atoms with Gasteiger partial charge in [-0.15, -0.1) is 0 Å². The van der Waals surface area contributed by atoms with Crippen LogP contribution in [0.25, 0.3) is 0 Å². The number of methoxy groups -OCH3 is 1. The molecule has 1 heterocycles. The predicted molar refractivity (Wildman–Crippen MR) is 100 cm³/mol. The number of carbonyl (C=O) groups is 3. The molecule has 2 rings (SSSR count). The molecule has 0 aromatic heterocycles. The second-order valence-electron chi connectivity index (χ2n) is 5.86. The Morgan fingerprint density at radius 3 is 2.65 bits per heavy atom. The fourth-order valence-corrected chi connectivity index (χ4v) is 4.17. The van der Waals surface area contributed by atoms with Gasteiger partial charge in [-0.3, -0.25) is 9.69 Å². The Balaban J connectivity index is 2.35. The number of benzene rings is 1. The van der Waals surface area contributed by atoms with Gasteiger partial charge in [-0.25, -0.2) is 9.59 Å². The van der Waals surface area contributed by atoms with E-state index < -0.39 is 18.0 Å². The maximum atomic E-state index is 12.4. The third-order valence-electron chi connectivity index (χ3n) is 4.08. The Labute approximate surface area is 161 Å². The van der Waals surface area contributed by atoms with Crippen LogP contribution in [0, 0.1) is 0 Å². The van der Waals surface area contributed by atoms with Crippen molar-refractivity contribution >= 4 is 40.4 Å². The van der Waals surface area contributed by atoms with Gasteiger partial charge in [0, 0.05) is 36.4 Å². The average Bonchev–Trinajstić information content (AvgIpc) is 2.58. The molecule has 8 heteroatoms. The second kappa shape index (κ2) is 9.21. The van der Waals surface area contributed by atoms with Crippen molar-refractivity contribution in [2.24, 2.45) is 0 Å². The lowest BCUT2D eigenvalue weighted by atomic mass is 9.98. The molecule has 2 atom stereocenters. The quantitative estimate of drug-likeness (QED) is 0.604. The van der Waals surface area contributed by atoms with Crippen molar-refractivity contribution < 1.29 is 24.2 Å². The lowest BCUT2D eigenvalue weighted by molar-refractivity contribution is -0.147. The summed E-state index contributed by atoms with van der Waals surface area (Å²) in [6.45, 7) is 2.20. The molecule has 140 valence electrons. The van der Waals surface area contributed by atoms with Crippen LogP contribution in [-0.4, -0.2) is 52.5 Å². The minimum Gasteiger partial charge on any atom is -0.478 e. The first kappa shape index (κ1) is 20.5. The molecule has 0 radical (unpaired) electrons. The normalized spacial score (nSPS) is 20.6. The number of aliphatic carboxylic acids is 1. The van der Waals surface area contributed by atoms with E-state index in [1.165, 1.54) is 14.0 Å². The summed E-state index contributed by atoms with van der Waals surface area (Å²) in [7, 11) is 1.30. The molecule has 1 aliphatic rings. The molecule has 0 unspecified atom stereocenters. The number of carboxylic acids is 1. The lowest BCUT2D eigenvalue weighted by Gasteiger charge is -2.37. The van der Waals surface area contributed by atoms with Crippen LogP contribution < -0.4 is 0 Å². The molecular formula is C18H20ClNO5S. The standard InChI is InChI=1S/C18H20ClNO5S/c1-11(21)26-15-7-8-20(10-12(15)9-16(22)23)17(18(24)25-2)13-5-3-4-6-14(13)19/h3-6,9,15,17H,7-8,10H2,1-2H3,(H,22,23)/b12-9+/t15-,17+/m1/s1. The van der Waals surface area contributed by atoms with Crippen molar-refractivity contribution in [1.82, 2.24) is 4.90 Å². The molecular weight excluding hydrogens is 378 g/mol. The van der Waals surface area contributed by atoms with Crippen LogP contribution in [0.5, 0.6) is 0 Å². The highest BCUT2D eigenvalue weighted by Crippen LogP contribution is 2.35. The molecule has 0 bridgehead atoms. The third kappa shape index (κ3) is 5.09. The summed E-state index contributed by atoms with van der Waals surface area (Å²) < 4.78 is 4.95. The largest absolute Gasteiger partial charge is 0.478 e. The Morgan fingerprint density at radius 1 is 1.38 bits per heavy atom. The van der Waals surface area contributed by atoms with E-state index in [1.807, 2.05) is 4.90 Å². The van der Waals surface area contributed by atoms with E-state index in [0.717, 1.165) is 17.8 Å². The van der Waals surface area contributed by atoms with Crippen molar-refractivity contribution in [3.8, 4) is 0 Å². The van der Waals surface area contributed by atoms with Gasteiger partial charge >= 0.3 is 11.9 Å². The van der Waals surface area contributed by atoms with E-state index >= 15 is 0 Å². The fraction of sp³-hybridized carbons (Fsp3) is 0.389. The van der Waals surface area contributed by atoms with Gasteiger partial charge in [0.1, 0.15) is 6.04 Å². The highest BCUT2D eigenvalue weighted by molar-refractivity contribution is 8.14. The monoisotopic (exact) mass is 397 g/mol. The average molecular weight is 398 g/mol. The van der Waals surface area contributed by atoms with E-state index in [-0.39, 0.29) is 16.9 Å². The summed E-state index contributed by atoms with van der Waals surface area (Å²) in [5, 5.41) is 9.30. The number of rotatable bonds is 5. The van der Waals surface area contributed by atoms with Crippen LogP contribution in [0.1, 0.15) is 24.9 Å². The van der Waals surface area contributed by atoms with Gasteiger partial charge in [-0.1, -0.05) is 41.6 Å². The van der Waals surface area contributed by atoms with Gasteiger partial charge in [0.2, 0.25) is 0 Å². The molecule has 1 N–H and O–H groups in total. The molecule has 0 aliphatic carbocycles. The maximum absolute atomic E-state index is 12.4. The first-order valence-electron chi connectivity index (χ1n) is 8.00. The van der Waals surface area contributed by atoms with E-state index in [2.05, 4.69) is 0 Å². The molecule has 0 amide bonds. The number of likely N-dealkylation sites (tertiary alicyclic amines) is 1. The second-order valence-corrected chi connectivity index (χ2v) is 7.65. The first-order chi connectivity index (χ1) is 12.3. The van der Waals surface area contributed by atoms with Crippen molar-refractivity contribution in [3.63, 3.8) is 0 Å². The van der Waals surface area contributed by atoms with E-state index in [4.69, 9.17) is 21.4 Å². The van der Waals surface area contributed by atoms with Crippen molar-refractivity contribution in [2.45, 2.75) is 24.6 Å². The molecule has 1 aromatic carbocycles. The molecule has 1 aromatic rings. The number of thioether (sulfide) groups is 1. The summed E-state index contributed by atoms with van der Waals surface area (Å²) in [6, 6.07) is 6.25. The maximum Gasteiger partial charge on any atom is 0.328 e. The van der Waals surface area contributed by atoms with Crippen molar-refractivity contribution in [1.29, 1.82) is 0 Å². The number of esters is 1. The van der Waals surface area contributed by atoms with Crippen LogP contribution in [0.15, 0.2) is 35.9 Å². The Bertz CT molecular complexity index is 736. The number of nitrogens with zero attached hydrogens (tertiary/aromatic N) is 1. The van der Waals surface area contributed by atoms with Gasteiger partial charge in [-0.2, -0.15) is 0 Å². The number of ether oxygens (including phenoxy) is 1. The van der Waals surface area contributed by atoms with Crippen LogP contribution >= 0.6 is 23.4 Å². The van der Waals surface area contributed by atoms with E-state index in [0.29, 0.717) is 29.1 Å². The molecule has 6 nitrogen and oxygen atoms in total. The first-order valence-corrected chi connectivity index (χ1v) is 9.26. The van der Waals surface area contributed by atoms with Crippen LogP contribution in [0.3, 0.4) is 0 Å². The van der Waals surface area contributed by atoms with Gasteiger partial charge in [0.25, 0.3) is 0 Å². The summed E-state index contributed by atoms with van der Waals surface area (Å²) >= 11 is 7.38. The smallest absolute Gasteiger partial charge is 0.328 e. The van der Waals surface area contributed by atoms with E-state index in [9.17, 15) is 14.4 Å². The fourth-order valence-electron chi connectivity index (χ4n) is 3.02. The van der Waals surface area contributed by atoms with Crippen molar-refractivity contribution in [2.75, 3.05) is 20.2 Å². The number of carboxylic acid groups (broad SMARTS) is 1. The van der Waals surface area contributed by atoms with Crippen molar-refractivity contribution in [3.05, 3.63) is 46.5 Å². The summed E-state index contributed by atoms with van der Waals surface area (Å²) in [5.74, 6) is -1.55. The molecule has 1 fully saturated rings. The van der Waals surface area contributed by atoms with Gasteiger partial charge in [0.15, 0.2) is 5.12 Å². The third-order valence-corrected chi connectivity index (χ3v) is 5.58. The minimum atomic E-state index is -1.08. The van der Waals surface area contributed by atoms with Crippen LogP contribution in [-0.2, 0) is 19.1 Å². The Kier molecular flexibility index (Phi) is 7.25.